The summed E-state index contributed by atoms with van der Waals surface area (Å²) >= 11 is 0. The van der Waals surface area contributed by atoms with Gasteiger partial charge in [0.2, 0.25) is 0 Å². The fourth-order valence-corrected chi connectivity index (χ4v) is 1.30. The van der Waals surface area contributed by atoms with Gasteiger partial charge in [0.05, 0.1) is 17.6 Å². The first-order chi connectivity index (χ1) is 7.16. The van der Waals surface area contributed by atoms with Gasteiger partial charge < -0.3 is 5.73 Å². The lowest BCUT2D eigenvalue weighted by molar-refractivity contribution is 0.622. The molecular weight excluding hydrogens is 198 g/mol. The lowest BCUT2D eigenvalue weighted by Crippen LogP contribution is -1.94. The Labute approximate surface area is 85.4 Å². The lowest BCUT2D eigenvalue weighted by atomic mass is 10.1. The second kappa shape index (κ2) is 3.65. The largest absolute Gasteiger partial charge is 0.397 e. The molecule has 0 aliphatic carbocycles. The van der Waals surface area contributed by atoms with E-state index in [0.29, 0.717) is 11.3 Å². The van der Waals surface area contributed by atoms with Gasteiger partial charge in [0, 0.05) is 11.6 Å². The Morgan fingerprint density at radius 2 is 1.67 bits per heavy atom. The molecule has 0 aliphatic heterocycles. The van der Waals surface area contributed by atoms with Crippen LogP contribution in [-0.4, -0.2) is 4.98 Å². The molecule has 2 aromatic rings. The summed E-state index contributed by atoms with van der Waals surface area (Å²) in [6, 6.07) is 6.89. The third-order valence-corrected chi connectivity index (χ3v) is 2.00. The van der Waals surface area contributed by atoms with E-state index in [4.69, 9.17) is 5.73 Å². The predicted octanol–water partition coefficient (Wildman–Crippen LogP) is 2.61. The molecular formula is C11H8F2N2. The SMILES string of the molecule is Nc1cc(F)cnc1-c1ccc(F)cc1. The number of nitrogens with two attached hydrogens (primary N) is 1. The maximum atomic E-state index is 12.7. The number of hydrogen-bond acceptors (Lipinski definition) is 2. The van der Waals surface area contributed by atoms with Gasteiger partial charge in [-0.3, -0.25) is 4.98 Å². The minimum atomic E-state index is -0.488. The molecule has 0 saturated carbocycles. The molecule has 0 unspecified atom stereocenters. The highest BCUT2D eigenvalue weighted by Gasteiger charge is 2.05. The minimum Gasteiger partial charge on any atom is -0.397 e. The molecule has 0 saturated heterocycles. The van der Waals surface area contributed by atoms with Crippen molar-refractivity contribution in [3.05, 3.63) is 48.2 Å². The number of benzene rings is 1. The molecule has 0 spiro atoms. The van der Waals surface area contributed by atoms with Crippen molar-refractivity contribution in [3.8, 4) is 11.3 Å². The van der Waals surface area contributed by atoms with E-state index < -0.39 is 5.82 Å². The molecule has 1 aromatic heterocycles. The van der Waals surface area contributed by atoms with Crippen LogP contribution < -0.4 is 5.73 Å². The van der Waals surface area contributed by atoms with Crippen LogP contribution in [0.4, 0.5) is 14.5 Å². The van der Waals surface area contributed by atoms with Gasteiger partial charge in [0.25, 0.3) is 0 Å². The van der Waals surface area contributed by atoms with E-state index in [1.54, 1.807) is 12.1 Å². The van der Waals surface area contributed by atoms with Crippen LogP contribution in [0.5, 0.6) is 0 Å². The first-order valence-corrected chi connectivity index (χ1v) is 4.34. The van der Waals surface area contributed by atoms with Crippen molar-refractivity contribution < 1.29 is 8.78 Å². The van der Waals surface area contributed by atoms with E-state index in [1.807, 2.05) is 0 Å². The van der Waals surface area contributed by atoms with Crippen LogP contribution in [0.1, 0.15) is 0 Å². The van der Waals surface area contributed by atoms with Gasteiger partial charge in [-0.25, -0.2) is 8.78 Å². The van der Waals surface area contributed by atoms with E-state index in [-0.39, 0.29) is 11.5 Å². The number of aromatic nitrogens is 1. The Balaban J connectivity index is 2.49. The Hall–Kier alpha value is -1.97. The molecule has 76 valence electrons. The van der Waals surface area contributed by atoms with E-state index in [1.165, 1.54) is 18.2 Å². The molecule has 2 rings (SSSR count). The van der Waals surface area contributed by atoms with Crippen LogP contribution in [0.25, 0.3) is 11.3 Å². The first-order valence-electron chi connectivity index (χ1n) is 4.34. The average Bonchev–Trinajstić information content (AvgIpc) is 2.20. The van der Waals surface area contributed by atoms with E-state index in [2.05, 4.69) is 4.98 Å². The van der Waals surface area contributed by atoms with Gasteiger partial charge in [-0.1, -0.05) is 0 Å². The number of anilines is 1. The monoisotopic (exact) mass is 206 g/mol. The quantitative estimate of drug-likeness (QED) is 0.778. The highest BCUT2D eigenvalue weighted by molar-refractivity contribution is 5.71. The zero-order valence-corrected chi connectivity index (χ0v) is 7.74. The molecule has 15 heavy (non-hydrogen) atoms. The number of halogens is 2. The van der Waals surface area contributed by atoms with Crippen molar-refractivity contribution in [2.75, 3.05) is 5.73 Å². The summed E-state index contributed by atoms with van der Waals surface area (Å²) < 4.78 is 25.4. The van der Waals surface area contributed by atoms with Crippen molar-refractivity contribution in [1.29, 1.82) is 0 Å². The molecule has 1 aromatic carbocycles. The summed E-state index contributed by atoms with van der Waals surface area (Å²) in [7, 11) is 0. The van der Waals surface area contributed by atoms with Crippen LogP contribution in [-0.2, 0) is 0 Å². The molecule has 0 amide bonds. The van der Waals surface area contributed by atoms with Crippen molar-refractivity contribution >= 4 is 5.69 Å². The van der Waals surface area contributed by atoms with E-state index in [0.717, 1.165) is 6.20 Å². The van der Waals surface area contributed by atoms with Gasteiger partial charge in [0.1, 0.15) is 11.6 Å². The van der Waals surface area contributed by atoms with Gasteiger partial charge >= 0.3 is 0 Å². The first kappa shape index (κ1) is 9.58. The summed E-state index contributed by atoms with van der Waals surface area (Å²) in [5.41, 5.74) is 6.95. The van der Waals surface area contributed by atoms with Crippen molar-refractivity contribution in [2.24, 2.45) is 0 Å². The standard InChI is InChI=1S/C11H8F2N2/c12-8-3-1-7(2-4-8)11-10(14)5-9(13)6-15-11/h1-6H,14H2. The number of nitrogens with zero attached hydrogens (tertiary/aromatic N) is 1. The van der Waals surface area contributed by atoms with Crippen molar-refractivity contribution in [1.82, 2.24) is 4.98 Å². The fraction of sp³-hybridized carbons (Fsp3) is 0. The maximum Gasteiger partial charge on any atom is 0.143 e. The zero-order valence-electron chi connectivity index (χ0n) is 7.74. The molecule has 2 nitrogen and oxygen atoms in total. The summed E-state index contributed by atoms with van der Waals surface area (Å²) in [6.07, 6.45) is 1.08. The predicted molar refractivity (Wildman–Crippen MR) is 54.0 cm³/mol. The zero-order chi connectivity index (χ0) is 10.8. The lowest BCUT2D eigenvalue weighted by Gasteiger charge is -2.04. The molecule has 0 radical (unpaired) electrons. The molecule has 0 fully saturated rings. The molecule has 4 heteroatoms. The number of pyridine rings is 1. The highest BCUT2D eigenvalue weighted by atomic mass is 19.1. The van der Waals surface area contributed by atoms with Gasteiger partial charge in [-0.2, -0.15) is 0 Å². The third kappa shape index (κ3) is 1.93. The molecule has 2 N–H and O–H groups in total. The van der Waals surface area contributed by atoms with Crippen LogP contribution in [0.2, 0.25) is 0 Å². The summed E-state index contributed by atoms with van der Waals surface area (Å²) in [5, 5.41) is 0. The van der Waals surface area contributed by atoms with Crippen LogP contribution >= 0.6 is 0 Å². The van der Waals surface area contributed by atoms with E-state index >= 15 is 0 Å². The average molecular weight is 206 g/mol. The summed E-state index contributed by atoms with van der Waals surface area (Å²) in [5.74, 6) is -0.821. The van der Waals surface area contributed by atoms with Gasteiger partial charge in [0.15, 0.2) is 0 Å². The molecule has 0 aliphatic rings. The second-order valence-electron chi connectivity index (χ2n) is 3.10. The Kier molecular flexibility index (Phi) is 2.33. The van der Waals surface area contributed by atoms with Crippen molar-refractivity contribution in [3.63, 3.8) is 0 Å². The third-order valence-electron chi connectivity index (χ3n) is 2.00. The second-order valence-corrected chi connectivity index (χ2v) is 3.10. The van der Waals surface area contributed by atoms with Crippen LogP contribution in [0.15, 0.2) is 36.5 Å². The van der Waals surface area contributed by atoms with E-state index in [9.17, 15) is 8.78 Å². The summed E-state index contributed by atoms with van der Waals surface area (Å²) in [6.45, 7) is 0. The van der Waals surface area contributed by atoms with Gasteiger partial charge in [-0.15, -0.1) is 0 Å². The molecule has 0 atom stereocenters. The number of nitrogen functional groups attached to an aromatic ring is 1. The highest BCUT2D eigenvalue weighted by Crippen LogP contribution is 2.23. The Morgan fingerprint density at radius 1 is 1.00 bits per heavy atom. The van der Waals surface area contributed by atoms with Crippen LogP contribution in [0.3, 0.4) is 0 Å². The Bertz CT molecular complexity index is 480. The van der Waals surface area contributed by atoms with Gasteiger partial charge in [-0.05, 0) is 24.3 Å². The van der Waals surface area contributed by atoms with Crippen LogP contribution in [0, 0.1) is 11.6 Å². The van der Waals surface area contributed by atoms with Crippen molar-refractivity contribution in [2.45, 2.75) is 0 Å². The normalized spacial score (nSPS) is 10.3. The number of hydrogen-bond donors (Lipinski definition) is 1. The smallest absolute Gasteiger partial charge is 0.143 e. The maximum absolute atomic E-state index is 12.7. The minimum absolute atomic E-state index is 0.238. The Morgan fingerprint density at radius 3 is 2.27 bits per heavy atom. The molecule has 0 bridgehead atoms. The summed E-state index contributed by atoms with van der Waals surface area (Å²) in [4.78, 5) is 3.86. The topological polar surface area (TPSA) is 38.9 Å². The number of rotatable bonds is 1. The molecule has 1 heterocycles. The fourth-order valence-electron chi connectivity index (χ4n) is 1.30.